The summed E-state index contributed by atoms with van der Waals surface area (Å²) in [6, 6.07) is 1.75. The number of nitrogens with one attached hydrogen (secondary N) is 1. The summed E-state index contributed by atoms with van der Waals surface area (Å²) in [6.07, 6.45) is -0.549. The van der Waals surface area contributed by atoms with Crippen LogP contribution in [0.15, 0.2) is 19.9 Å². The van der Waals surface area contributed by atoms with E-state index in [-0.39, 0.29) is 23.6 Å². The van der Waals surface area contributed by atoms with E-state index in [9.17, 15) is 13.5 Å². The van der Waals surface area contributed by atoms with Gasteiger partial charge < -0.3 is 14.0 Å². The molecule has 22 heavy (non-hydrogen) atoms. The number of hydrogen-bond acceptors (Lipinski definition) is 6. The van der Waals surface area contributed by atoms with Crippen LogP contribution in [0.5, 0.6) is 0 Å². The first-order valence-electron chi connectivity index (χ1n) is 6.90. The van der Waals surface area contributed by atoms with Crippen molar-refractivity contribution in [2.45, 2.75) is 45.1 Å². The lowest BCUT2D eigenvalue weighted by atomic mass is 10.1. The number of nitrogens with zero attached hydrogens (tertiary/aromatic N) is 1. The summed E-state index contributed by atoms with van der Waals surface area (Å²) in [5.74, 6) is 1.59. The predicted octanol–water partition coefficient (Wildman–Crippen LogP) is 1.90. The first kappa shape index (κ1) is 16.7. The fourth-order valence-corrected chi connectivity index (χ4v) is 3.77. The van der Waals surface area contributed by atoms with Crippen LogP contribution in [0.1, 0.15) is 41.1 Å². The van der Waals surface area contributed by atoms with Crippen molar-refractivity contribution < 1.29 is 22.5 Å². The van der Waals surface area contributed by atoms with Gasteiger partial charge in [-0.1, -0.05) is 5.16 Å². The minimum atomic E-state index is -3.70. The lowest BCUT2D eigenvalue weighted by Crippen LogP contribution is -2.26. The molecule has 0 bridgehead atoms. The second-order valence-corrected chi connectivity index (χ2v) is 6.93. The standard InChI is InChI=1S/C14H20N2O5S/c1-8-7-12(10(3)20-8)13(17)5-6-15-22(18,19)14-9(2)16-21-11(14)4/h7,13,15,17H,5-6H2,1-4H3/t13-/m0/s1. The number of aryl methyl sites for hydroxylation is 4. The molecule has 0 aliphatic heterocycles. The molecular formula is C14H20N2O5S. The molecule has 0 spiro atoms. The molecule has 0 aromatic carbocycles. The molecule has 7 nitrogen and oxygen atoms in total. The van der Waals surface area contributed by atoms with E-state index < -0.39 is 16.1 Å². The molecule has 8 heteroatoms. The summed E-state index contributed by atoms with van der Waals surface area (Å²) in [6.45, 7) is 6.76. The maximum Gasteiger partial charge on any atom is 0.245 e. The highest BCUT2D eigenvalue weighted by Crippen LogP contribution is 2.24. The number of aliphatic hydroxyl groups is 1. The van der Waals surface area contributed by atoms with Crippen LogP contribution in [0.2, 0.25) is 0 Å². The fraction of sp³-hybridized carbons (Fsp3) is 0.500. The number of hydrogen-bond donors (Lipinski definition) is 2. The van der Waals surface area contributed by atoms with Crippen molar-refractivity contribution in [2.24, 2.45) is 0 Å². The van der Waals surface area contributed by atoms with Gasteiger partial charge in [-0.2, -0.15) is 0 Å². The molecule has 122 valence electrons. The zero-order chi connectivity index (χ0) is 16.5. The molecule has 2 N–H and O–H groups in total. The second kappa shape index (κ2) is 6.23. The van der Waals surface area contributed by atoms with Crippen LogP contribution in [0.4, 0.5) is 0 Å². The molecule has 0 aliphatic rings. The Labute approximate surface area is 129 Å². The average Bonchev–Trinajstić information content (AvgIpc) is 2.91. The Morgan fingerprint density at radius 2 is 1.95 bits per heavy atom. The Bertz CT molecular complexity index is 741. The average molecular weight is 328 g/mol. The van der Waals surface area contributed by atoms with Crippen LogP contribution in [-0.2, 0) is 10.0 Å². The Morgan fingerprint density at radius 3 is 2.45 bits per heavy atom. The van der Waals surface area contributed by atoms with Gasteiger partial charge in [0.1, 0.15) is 22.1 Å². The van der Waals surface area contributed by atoms with Gasteiger partial charge in [0, 0.05) is 12.1 Å². The molecule has 0 radical (unpaired) electrons. The van der Waals surface area contributed by atoms with E-state index in [1.807, 2.05) is 0 Å². The number of sulfonamides is 1. The Kier molecular flexibility index (Phi) is 4.74. The summed E-state index contributed by atoms with van der Waals surface area (Å²) in [7, 11) is -3.70. The van der Waals surface area contributed by atoms with Crippen molar-refractivity contribution in [3.05, 3.63) is 34.6 Å². The van der Waals surface area contributed by atoms with Gasteiger partial charge in [-0.15, -0.1) is 0 Å². The maximum atomic E-state index is 12.2. The quantitative estimate of drug-likeness (QED) is 0.839. The number of aromatic nitrogens is 1. The zero-order valence-electron chi connectivity index (χ0n) is 13.0. The molecule has 0 saturated carbocycles. The van der Waals surface area contributed by atoms with E-state index in [1.165, 1.54) is 0 Å². The minimum Gasteiger partial charge on any atom is -0.466 e. The first-order chi connectivity index (χ1) is 10.2. The zero-order valence-corrected chi connectivity index (χ0v) is 13.8. The molecule has 0 aliphatic carbocycles. The van der Waals surface area contributed by atoms with E-state index >= 15 is 0 Å². The van der Waals surface area contributed by atoms with Gasteiger partial charge >= 0.3 is 0 Å². The molecule has 0 fully saturated rings. The maximum absolute atomic E-state index is 12.2. The third kappa shape index (κ3) is 3.40. The first-order valence-corrected chi connectivity index (χ1v) is 8.38. The van der Waals surface area contributed by atoms with Gasteiger partial charge in [0.05, 0.1) is 6.10 Å². The monoisotopic (exact) mass is 328 g/mol. The topological polar surface area (TPSA) is 106 Å². The van der Waals surface area contributed by atoms with Crippen LogP contribution < -0.4 is 4.72 Å². The molecule has 0 saturated heterocycles. The number of rotatable bonds is 6. The van der Waals surface area contributed by atoms with Crippen molar-refractivity contribution in [1.82, 2.24) is 9.88 Å². The van der Waals surface area contributed by atoms with E-state index in [1.54, 1.807) is 33.8 Å². The number of aliphatic hydroxyl groups excluding tert-OH is 1. The summed E-state index contributed by atoms with van der Waals surface area (Å²) < 4.78 is 37.1. The number of furan rings is 1. The predicted molar refractivity (Wildman–Crippen MR) is 78.9 cm³/mol. The Hall–Kier alpha value is -1.64. The third-order valence-corrected chi connectivity index (χ3v) is 5.09. The van der Waals surface area contributed by atoms with Gasteiger partial charge in [0.2, 0.25) is 10.0 Å². The molecule has 2 heterocycles. The summed E-state index contributed by atoms with van der Waals surface area (Å²) in [4.78, 5) is 0.0531. The van der Waals surface area contributed by atoms with Crippen LogP contribution >= 0.6 is 0 Å². The SMILES string of the molecule is Cc1cc([C@@H](O)CCNS(=O)(=O)c2c(C)noc2C)c(C)o1. The molecule has 1 atom stereocenters. The molecule has 2 rings (SSSR count). The highest BCUT2D eigenvalue weighted by molar-refractivity contribution is 7.89. The van der Waals surface area contributed by atoms with Crippen LogP contribution in [0, 0.1) is 27.7 Å². The molecule has 0 amide bonds. The summed E-state index contributed by atoms with van der Waals surface area (Å²) in [5.41, 5.74) is 0.987. The van der Waals surface area contributed by atoms with Crippen molar-refractivity contribution in [1.29, 1.82) is 0 Å². The van der Waals surface area contributed by atoms with E-state index in [2.05, 4.69) is 9.88 Å². The molecule has 0 unspecified atom stereocenters. The van der Waals surface area contributed by atoms with Gasteiger partial charge in [-0.25, -0.2) is 13.1 Å². The normalized spacial score (nSPS) is 13.5. The minimum absolute atomic E-state index is 0.0531. The van der Waals surface area contributed by atoms with Crippen molar-refractivity contribution in [2.75, 3.05) is 6.54 Å². The van der Waals surface area contributed by atoms with Gasteiger partial charge in [-0.3, -0.25) is 0 Å². The highest BCUT2D eigenvalue weighted by atomic mass is 32.2. The smallest absolute Gasteiger partial charge is 0.245 e. The lowest BCUT2D eigenvalue weighted by molar-refractivity contribution is 0.167. The van der Waals surface area contributed by atoms with Gasteiger partial charge in [0.25, 0.3) is 0 Å². The van der Waals surface area contributed by atoms with Crippen molar-refractivity contribution in [3.63, 3.8) is 0 Å². The largest absolute Gasteiger partial charge is 0.466 e. The van der Waals surface area contributed by atoms with Crippen LogP contribution in [0.25, 0.3) is 0 Å². The Morgan fingerprint density at radius 1 is 1.27 bits per heavy atom. The van der Waals surface area contributed by atoms with Crippen LogP contribution in [0.3, 0.4) is 0 Å². The lowest BCUT2D eigenvalue weighted by Gasteiger charge is -2.10. The third-order valence-electron chi connectivity index (χ3n) is 3.38. The van der Waals surface area contributed by atoms with Crippen LogP contribution in [-0.4, -0.2) is 25.2 Å². The van der Waals surface area contributed by atoms with E-state index in [4.69, 9.17) is 8.94 Å². The van der Waals surface area contributed by atoms with Gasteiger partial charge in [-0.05, 0) is 40.2 Å². The molecular weight excluding hydrogens is 308 g/mol. The van der Waals surface area contributed by atoms with E-state index in [0.29, 0.717) is 22.8 Å². The van der Waals surface area contributed by atoms with Gasteiger partial charge in [0.15, 0.2) is 5.76 Å². The van der Waals surface area contributed by atoms with Crippen molar-refractivity contribution >= 4 is 10.0 Å². The fourth-order valence-electron chi connectivity index (χ4n) is 2.40. The summed E-state index contributed by atoms with van der Waals surface area (Å²) in [5, 5.41) is 13.8. The molecule has 2 aromatic rings. The Balaban J connectivity index is 2.00. The molecule has 2 aromatic heterocycles. The van der Waals surface area contributed by atoms with E-state index in [0.717, 1.165) is 0 Å². The summed E-state index contributed by atoms with van der Waals surface area (Å²) >= 11 is 0. The van der Waals surface area contributed by atoms with Crippen molar-refractivity contribution in [3.8, 4) is 0 Å². The highest BCUT2D eigenvalue weighted by Gasteiger charge is 2.24. The second-order valence-electron chi connectivity index (χ2n) is 5.22.